The van der Waals surface area contributed by atoms with E-state index >= 15 is 0 Å². The lowest BCUT2D eigenvalue weighted by Crippen LogP contribution is -2.33. The van der Waals surface area contributed by atoms with Crippen molar-refractivity contribution in [3.8, 4) is 0 Å². The third-order valence-electron chi connectivity index (χ3n) is 3.91. The predicted molar refractivity (Wildman–Crippen MR) is 82.2 cm³/mol. The van der Waals surface area contributed by atoms with Crippen molar-refractivity contribution in [2.24, 2.45) is 6.98 Å². The third kappa shape index (κ3) is 2.45. The van der Waals surface area contributed by atoms with Crippen LogP contribution in [-0.2, 0) is 11.7 Å². The lowest BCUT2D eigenvalue weighted by atomic mass is 10.2. The van der Waals surface area contributed by atoms with Crippen molar-refractivity contribution in [1.82, 2.24) is 19.4 Å². The molecule has 0 bridgehead atoms. The summed E-state index contributed by atoms with van der Waals surface area (Å²) in [5.41, 5.74) is -0.265. The zero-order valence-electron chi connectivity index (χ0n) is 17.4. The first-order chi connectivity index (χ1) is 12.9. The summed E-state index contributed by atoms with van der Waals surface area (Å²) >= 11 is 5.93. The Bertz CT molecular complexity index is 967. The van der Waals surface area contributed by atoms with E-state index in [1.165, 1.54) is 16.8 Å². The largest absolute Gasteiger partial charge is 0.453 e. The second kappa shape index (κ2) is 5.64. The van der Waals surface area contributed by atoms with Crippen LogP contribution in [0, 0.1) is 0 Å². The molecular weight excluding hydrogens is 308 g/mol. The molecule has 0 aromatic carbocycles. The minimum absolute atomic E-state index is 0.109. The smallest absolute Gasteiger partial charge is 0.407 e. The van der Waals surface area contributed by atoms with E-state index < -0.39 is 37.9 Å². The fourth-order valence-corrected chi connectivity index (χ4v) is 3.12. The van der Waals surface area contributed by atoms with Gasteiger partial charge in [-0.1, -0.05) is 11.6 Å². The molecule has 0 saturated heterocycles. The lowest BCUT2D eigenvalue weighted by molar-refractivity contribution is 0.166. The van der Waals surface area contributed by atoms with E-state index in [2.05, 4.69) is 15.0 Å². The van der Waals surface area contributed by atoms with Crippen LogP contribution in [0.4, 0.5) is 4.79 Å². The number of aromatic nitrogens is 3. The highest BCUT2D eigenvalue weighted by Crippen LogP contribution is 2.32. The number of ether oxygens (including phenoxy) is 1. The van der Waals surface area contributed by atoms with Crippen LogP contribution in [0.15, 0.2) is 17.1 Å². The van der Waals surface area contributed by atoms with Crippen molar-refractivity contribution < 1.29 is 17.8 Å². The maximum atomic E-state index is 12.9. The SMILES string of the molecule is [2H]C([2H])([2H])OC(=O)N[C@@H]1CC[C@@H](n2c(=O)n(C([2H])([2H])[2H])c3cnc(Cl)cc32)C1. The fraction of sp³-hybridized carbons (Fsp3) is 0.500. The second-order valence-corrected chi connectivity index (χ2v) is 5.57. The number of carbonyl (C=O) groups excluding carboxylic acids is 1. The molecule has 0 aliphatic heterocycles. The zero-order chi connectivity index (χ0) is 20.9. The van der Waals surface area contributed by atoms with Crippen LogP contribution in [0.1, 0.15) is 33.5 Å². The van der Waals surface area contributed by atoms with Crippen LogP contribution in [0.2, 0.25) is 5.15 Å². The summed E-state index contributed by atoms with van der Waals surface area (Å²) in [5.74, 6) is 0. The van der Waals surface area contributed by atoms with E-state index in [9.17, 15) is 9.59 Å². The maximum Gasteiger partial charge on any atom is 0.407 e. The third-order valence-corrected chi connectivity index (χ3v) is 4.12. The number of nitrogens with one attached hydrogen (secondary N) is 1. The summed E-state index contributed by atoms with van der Waals surface area (Å²) in [5, 5.41) is 2.57. The van der Waals surface area contributed by atoms with Crippen LogP contribution in [-0.4, -0.2) is 33.3 Å². The number of hydrogen-bond acceptors (Lipinski definition) is 4. The van der Waals surface area contributed by atoms with E-state index in [0.717, 1.165) is 0 Å². The summed E-state index contributed by atoms with van der Waals surface area (Å²) in [6.07, 6.45) is 1.40. The van der Waals surface area contributed by atoms with Crippen LogP contribution in [0.25, 0.3) is 11.0 Å². The van der Waals surface area contributed by atoms with Gasteiger partial charge in [-0.05, 0) is 19.3 Å². The number of pyridine rings is 1. The number of carbonyl (C=O) groups is 1. The Labute approximate surface area is 140 Å². The Hall–Kier alpha value is -2.02. The molecule has 0 radical (unpaired) electrons. The fourth-order valence-electron chi connectivity index (χ4n) is 2.96. The highest BCUT2D eigenvalue weighted by molar-refractivity contribution is 6.29. The molecule has 1 amide bonds. The molecule has 2 aromatic rings. The number of rotatable bonds is 2. The number of halogens is 1. The molecule has 8 heteroatoms. The highest BCUT2D eigenvalue weighted by atomic mass is 35.5. The second-order valence-electron chi connectivity index (χ2n) is 5.18. The van der Waals surface area contributed by atoms with Crippen molar-refractivity contribution in [3.05, 3.63) is 27.9 Å². The van der Waals surface area contributed by atoms with E-state index in [0.29, 0.717) is 29.3 Å². The van der Waals surface area contributed by atoms with Crippen LogP contribution >= 0.6 is 11.6 Å². The molecule has 118 valence electrons. The molecule has 3 rings (SSSR count). The Balaban J connectivity index is 1.91. The Morgan fingerprint density at radius 3 is 3.18 bits per heavy atom. The first kappa shape index (κ1) is 9.19. The topological polar surface area (TPSA) is 78.1 Å². The van der Waals surface area contributed by atoms with Crippen LogP contribution in [0.3, 0.4) is 0 Å². The molecule has 1 N–H and O–H groups in total. The average Bonchev–Trinajstić information content (AvgIpc) is 3.05. The number of methoxy groups -OCH3 is 1. The van der Waals surface area contributed by atoms with E-state index in [4.69, 9.17) is 19.8 Å². The van der Waals surface area contributed by atoms with Gasteiger partial charge >= 0.3 is 11.8 Å². The van der Waals surface area contributed by atoms with Gasteiger partial charge in [0.05, 0.1) is 28.4 Å². The van der Waals surface area contributed by atoms with Gasteiger partial charge in [0, 0.05) is 29.2 Å². The quantitative estimate of drug-likeness (QED) is 0.852. The molecule has 0 unspecified atom stereocenters. The van der Waals surface area contributed by atoms with Gasteiger partial charge in [-0.15, -0.1) is 0 Å². The molecule has 0 spiro atoms. The Morgan fingerprint density at radius 2 is 2.41 bits per heavy atom. The van der Waals surface area contributed by atoms with Crippen molar-refractivity contribution in [2.45, 2.75) is 31.3 Å². The lowest BCUT2D eigenvalue weighted by Gasteiger charge is -2.14. The standard InChI is InChI=1S/C14H17ClN4O3/c1-18-11-7-16-12(15)6-10(11)19(14(18)21)9-4-3-8(5-9)17-13(20)22-2/h6-9H,3-5H2,1-2H3,(H,17,20)/t8-,9-/m1/s1/i1D3,2D3. The first-order valence-electron chi connectivity index (χ1n) is 9.65. The van der Waals surface area contributed by atoms with Crippen LogP contribution < -0.4 is 11.0 Å². The van der Waals surface area contributed by atoms with E-state index in [-0.39, 0.29) is 10.7 Å². The molecule has 1 saturated carbocycles. The van der Waals surface area contributed by atoms with Gasteiger partial charge in [-0.2, -0.15) is 0 Å². The molecule has 7 nitrogen and oxygen atoms in total. The molecule has 2 heterocycles. The van der Waals surface area contributed by atoms with Gasteiger partial charge in [0.1, 0.15) is 5.15 Å². The summed E-state index contributed by atoms with van der Waals surface area (Å²) in [6, 6.07) is 0.592. The predicted octanol–water partition coefficient (Wildman–Crippen LogP) is 1.84. The molecule has 2 aromatic heterocycles. The number of nitrogens with zero attached hydrogens (tertiary/aromatic N) is 3. The minimum Gasteiger partial charge on any atom is -0.453 e. The summed E-state index contributed by atoms with van der Waals surface area (Å²) in [6.45, 7) is -2.70. The molecule has 1 aliphatic carbocycles. The molecule has 22 heavy (non-hydrogen) atoms. The molecule has 1 aliphatic rings. The molecule has 2 atom stereocenters. The molecule has 1 fully saturated rings. The van der Waals surface area contributed by atoms with Crippen LogP contribution in [0.5, 0.6) is 0 Å². The number of aryl methyl sites for hydroxylation is 1. The number of hydrogen-bond donors (Lipinski definition) is 1. The summed E-state index contributed by atoms with van der Waals surface area (Å²) < 4.78 is 50.1. The van der Waals surface area contributed by atoms with Gasteiger partial charge in [0.25, 0.3) is 0 Å². The van der Waals surface area contributed by atoms with Gasteiger partial charge in [0.2, 0.25) is 0 Å². The number of amides is 1. The van der Waals surface area contributed by atoms with E-state index in [1.807, 2.05) is 0 Å². The maximum absolute atomic E-state index is 12.9. The number of fused-ring (bicyclic) bond motifs is 1. The zero-order valence-corrected chi connectivity index (χ0v) is 12.1. The normalized spacial score (nSPS) is 26.4. The Morgan fingerprint density at radius 1 is 1.55 bits per heavy atom. The van der Waals surface area contributed by atoms with Crippen molar-refractivity contribution in [2.75, 3.05) is 7.04 Å². The highest BCUT2D eigenvalue weighted by Gasteiger charge is 2.30. The van der Waals surface area contributed by atoms with Gasteiger partial charge in [0.15, 0.2) is 0 Å². The first-order valence-corrected chi connectivity index (χ1v) is 7.03. The van der Waals surface area contributed by atoms with Gasteiger partial charge in [-0.3, -0.25) is 9.13 Å². The number of imidazole rings is 1. The van der Waals surface area contributed by atoms with Crippen molar-refractivity contribution in [1.29, 1.82) is 0 Å². The number of alkyl carbamates (subject to hydrolysis) is 1. The average molecular weight is 331 g/mol. The monoisotopic (exact) mass is 330 g/mol. The van der Waals surface area contributed by atoms with Gasteiger partial charge in [-0.25, -0.2) is 14.6 Å². The Kier molecular flexibility index (Phi) is 2.36. The molecular formula is C14H17ClN4O3. The summed E-state index contributed by atoms with van der Waals surface area (Å²) in [7, 11) is -2.85. The summed E-state index contributed by atoms with van der Waals surface area (Å²) in [4.78, 5) is 28.4. The van der Waals surface area contributed by atoms with Crippen molar-refractivity contribution >= 4 is 28.7 Å². The minimum atomic E-state index is -2.85. The van der Waals surface area contributed by atoms with Gasteiger partial charge < -0.3 is 10.1 Å². The van der Waals surface area contributed by atoms with Crippen molar-refractivity contribution in [3.63, 3.8) is 0 Å². The van der Waals surface area contributed by atoms with E-state index in [1.54, 1.807) is 0 Å².